The predicted octanol–water partition coefficient (Wildman–Crippen LogP) is 6.00. The van der Waals surface area contributed by atoms with Gasteiger partial charge in [0.05, 0.1) is 23.5 Å². The summed E-state index contributed by atoms with van der Waals surface area (Å²) in [6.45, 7) is 4.05. The fourth-order valence-corrected chi connectivity index (χ4v) is 5.77. The quantitative estimate of drug-likeness (QED) is 0.205. The summed E-state index contributed by atoms with van der Waals surface area (Å²) in [5.41, 5.74) is 6.45. The first kappa shape index (κ1) is 28.9. The van der Waals surface area contributed by atoms with Crippen molar-refractivity contribution in [2.75, 3.05) is 19.7 Å². The van der Waals surface area contributed by atoms with Crippen LogP contribution >= 0.6 is 0 Å². The topological polar surface area (TPSA) is 107 Å². The number of piperidine rings is 1. The van der Waals surface area contributed by atoms with Gasteiger partial charge < -0.3 is 19.6 Å². The molecule has 0 amide bonds. The minimum atomic E-state index is 0. The molecule has 0 radical (unpaired) electrons. The molecule has 0 unspecified atom stereocenters. The largest absolute Gasteiger partial charge is 0.475 e. The van der Waals surface area contributed by atoms with Crippen molar-refractivity contribution in [1.29, 1.82) is 5.26 Å². The first-order valence-electron chi connectivity index (χ1n) is 14.2. The van der Waals surface area contributed by atoms with Crippen LogP contribution in [0.1, 0.15) is 24.2 Å². The molecule has 5 heterocycles. The maximum absolute atomic E-state index is 9.04. The van der Waals surface area contributed by atoms with Gasteiger partial charge in [0.25, 0.3) is 0 Å². The molecule has 5 aromatic rings. The molecular formula is C33H29CdN8O-. The molecule has 0 spiro atoms. The van der Waals surface area contributed by atoms with Crippen LogP contribution in [0.25, 0.3) is 39.2 Å². The van der Waals surface area contributed by atoms with Crippen molar-refractivity contribution in [2.24, 2.45) is 0 Å². The molecule has 0 aliphatic carbocycles. The van der Waals surface area contributed by atoms with E-state index in [1.54, 1.807) is 18.5 Å². The Kier molecular flexibility index (Phi) is 8.76. The van der Waals surface area contributed by atoms with Crippen LogP contribution in [0.5, 0.6) is 5.88 Å². The second-order valence-electron chi connectivity index (χ2n) is 10.5. The average molecular weight is 666 g/mol. The summed E-state index contributed by atoms with van der Waals surface area (Å²) in [6, 6.07) is 27.2. The van der Waals surface area contributed by atoms with E-state index in [9.17, 15) is 0 Å². The van der Waals surface area contributed by atoms with Crippen LogP contribution in [0, 0.1) is 11.3 Å². The van der Waals surface area contributed by atoms with Gasteiger partial charge in [0, 0.05) is 57.4 Å². The van der Waals surface area contributed by atoms with Gasteiger partial charge in [-0.25, -0.2) is 15.0 Å². The third kappa shape index (κ3) is 6.16. The number of aromatic nitrogens is 5. The summed E-state index contributed by atoms with van der Waals surface area (Å²) >= 11 is 0. The van der Waals surface area contributed by atoms with E-state index in [2.05, 4.69) is 72.9 Å². The number of imidazole rings is 1. The Balaban J connectivity index is 0.00000329. The molecule has 2 aliphatic rings. The minimum Gasteiger partial charge on any atom is -0.475 e. The molecule has 9 nitrogen and oxygen atoms in total. The summed E-state index contributed by atoms with van der Waals surface area (Å²) in [7, 11) is 0. The van der Waals surface area contributed by atoms with Crippen molar-refractivity contribution in [1.82, 2.24) is 29.4 Å². The van der Waals surface area contributed by atoms with Gasteiger partial charge in [0.2, 0.25) is 5.88 Å². The zero-order valence-corrected chi connectivity index (χ0v) is 27.8. The van der Waals surface area contributed by atoms with E-state index in [4.69, 9.17) is 20.3 Å². The molecular weight excluding hydrogens is 637 g/mol. The molecule has 43 heavy (non-hydrogen) atoms. The number of hydrogen-bond acceptors (Lipinski definition) is 7. The van der Waals surface area contributed by atoms with Crippen LogP contribution in [-0.4, -0.2) is 55.1 Å². The molecule has 10 heteroatoms. The molecule has 1 fully saturated rings. The van der Waals surface area contributed by atoms with E-state index in [-0.39, 0.29) is 39.2 Å². The molecule has 2 aliphatic heterocycles. The van der Waals surface area contributed by atoms with Crippen molar-refractivity contribution < 1.29 is 32.0 Å². The maximum atomic E-state index is 9.04. The molecule has 0 saturated carbocycles. The van der Waals surface area contributed by atoms with E-state index in [0.717, 1.165) is 66.4 Å². The molecule has 3 aromatic heterocycles. The number of nitrogens with zero attached hydrogens (tertiary/aromatic N) is 8. The SMILES string of the molecule is N#Cc1nccc([N-]C2CCN(Cc3ccc(-c4nc5n(c4-c4ccccc4)CCOc4ncccc4-5)cc3)CC2)n1.[Cd]. The van der Waals surface area contributed by atoms with Crippen LogP contribution < -0.4 is 4.74 Å². The minimum absolute atomic E-state index is 0. The van der Waals surface area contributed by atoms with Gasteiger partial charge in [-0.3, -0.25) is 4.90 Å². The monoisotopic (exact) mass is 667 g/mol. The number of benzene rings is 2. The van der Waals surface area contributed by atoms with Gasteiger partial charge in [-0.2, -0.15) is 5.26 Å². The van der Waals surface area contributed by atoms with Gasteiger partial charge in [-0.05, 0) is 55.7 Å². The third-order valence-corrected chi connectivity index (χ3v) is 7.83. The Bertz CT molecular complexity index is 1740. The second-order valence-corrected chi connectivity index (χ2v) is 10.5. The number of pyridine rings is 1. The number of fused-ring (bicyclic) bond motifs is 3. The van der Waals surface area contributed by atoms with E-state index < -0.39 is 0 Å². The number of ether oxygens (including phenoxy) is 1. The molecule has 2 aromatic carbocycles. The van der Waals surface area contributed by atoms with Crippen molar-refractivity contribution in [3.63, 3.8) is 0 Å². The average Bonchev–Trinajstić information content (AvgIpc) is 3.32. The third-order valence-electron chi connectivity index (χ3n) is 7.83. The van der Waals surface area contributed by atoms with E-state index in [1.807, 2.05) is 24.3 Å². The zero-order chi connectivity index (χ0) is 28.3. The van der Waals surface area contributed by atoms with Gasteiger partial charge in [-0.15, -0.1) is 0 Å². The summed E-state index contributed by atoms with van der Waals surface area (Å²) in [5, 5.41) is 13.8. The molecule has 210 valence electrons. The van der Waals surface area contributed by atoms with Crippen molar-refractivity contribution in [3.05, 3.63) is 102 Å². The van der Waals surface area contributed by atoms with Crippen LogP contribution in [0.3, 0.4) is 0 Å². The Labute approximate surface area is 270 Å². The standard InChI is InChI=1S/C33H29N8O.Cd/c34-21-29-35-16-12-28(38-29)37-26-13-17-40(18-14-26)22-23-8-10-24(11-9-23)30-31(25-5-2-1-3-6-25)41-19-20-42-33-27(32(41)39-30)7-4-15-36-33;/h1-12,15-16,26H,13-14,17-20,22H2;/q-1;. The summed E-state index contributed by atoms with van der Waals surface area (Å²) in [6.07, 6.45) is 5.28. The normalized spacial score (nSPS) is 14.8. The molecule has 0 N–H and O–H groups in total. The van der Waals surface area contributed by atoms with Gasteiger partial charge in [-0.1, -0.05) is 60.4 Å². The fraction of sp³-hybridized carbons (Fsp3) is 0.242. The number of likely N-dealkylation sites (tertiary alicyclic amines) is 1. The van der Waals surface area contributed by atoms with E-state index in [0.29, 0.717) is 24.8 Å². The molecule has 7 rings (SSSR count). The van der Waals surface area contributed by atoms with E-state index >= 15 is 0 Å². The van der Waals surface area contributed by atoms with Crippen LogP contribution in [0.2, 0.25) is 0 Å². The molecule has 0 bridgehead atoms. The summed E-state index contributed by atoms with van der Waals surface area (Å²) in [5.74, 6) is 2.26. The van der Waals surface area contributed by atoms with Crippen molar-refractivity contribution >= 4 is 5.82 Å². The van der Waals surface area contributed by atoms with Crippen molar-refractivity contribution in [3.8, 4) is 45.9 Å². The van der Waals surface area contributed by atoms with E-state index in [1.165, 1.54) is 5.56 Å². The first-order chi connectivity index (χ1) is 20.7. The Morgan fingerprint density at radius 2 is 1.67 bits per heavy atom. The summed E-state index contributed by atoms with van der Waals surface area (Å²) < 4.78 is 8.23. The maximum Gasteiger partial charge on any atom is 0.224 e. The van der Waals surface area contributed by atoms with Crippen LogP contribution in [0.15, 0.2) is 85.2 Å². The molecule has 0 atom stereocenters. The van der Waals surface area contributed by atoms with Gasteiger partial charge in [0.15, 0.2) is 0 Å². The molecule has 1 saturated heterocycles. The van der Waals surface area contributed by atoms with Gasteiger partial charge in [0.1, 0.15) is 24.3 Å². The fourth-order valence-electron chi connectivity index (χ4n) is 5.77. The Morgan fingerprint density at radius 3 is 2.47 bits per heavy atom. The number of rotatable bonds is 6. The number of nitriles is 1. The predicted molar refractivity (Wildman–Crippen MR) is 160 cm³/mol. The van der Waals surface area contributed by atoms with Gasteiger partial charge >= 0.3 is 0 Å². The Morgan fingerprint density at radius 1 is 0.860 bits per heavy atom. The van der Waals surface area contributed by atoms with Crippen LogP contribution in [-0.2, 0) is 40.4 Å². The Hall–Kier alpha value is -4.15. The smallest absolute Gasteiger partial charge is 0.224 e. The first-order valence-corrected chi connectivity index (χ1v) is 14.2. The van der Waals surface area contributed by atoms with Crippen molar-refractivity contribution in [2.45, 2.75) is 32.0 Å². The van der Waals surface area contributed by atoms with Crippen LogP contribution in [0.4, 0.5) is 5.82 Å². The second kappa shape index (κ2) is 13.0. The number of hydrogen-bond donors (Lipinski definition) is 0. The zero-order valence-electron chi connectivity index (χ0n) is 23.8. The summed E-state index contributed by atoms with van der Waals surface area (Å²) in [4.78, 5) is 20.3.